The van der Waals surface area contributed by atoms with Gasteiger partial charge in [-0.2, -0.15) is 0 Å². The van der Waals surface area contributed by atoms with E-state index in [0.29, 0.717) is 12.0 Å². The molecule has 6 nitrogen and oxygen atoms in total. The molecule has 1 atom stereocenters. The van der Waals surface area contributed by atoms with Crippen molar-refractivity contribution in [3.8, 4) is 16.9 Å². The molecule has 2 aromatic carbocycles. The van der Waals surface area contributed by atoms with E-state index in [1.807, 2.05) is 19.3 Å². The van der Waals surface area contributed by atoms with Gasteiger partial charge in [-0.05, 0) is 72.4 Å². The number of aromatic nitrogens is 2. The molecule has 5 rings (SSSR count). The molecule has 1 N–H and O–H groups in total. The molecule has 0 unspecified atom stereocenters. The van der Waals surface area contributed by atoms with Crippen molar-refractivity contribution in [2.24, 2.45) is 11.3 Å². The van der Waals surface area contributed by atoms with Gasteiger partial charge in [0.25, 0.3) is 0 Å². The number of nitrogens with zero attached hydrogens (tertiary/aromatic N) is 2. The number of hydrogen-bond donors (Lipinski definition) is 1. The Balaban J connectivity index is 1.50. The third-order valence-corrected chi connectivity index (χ3v) is 7.53. The Morgan fingerprint density at radius 3 is 2.44 bits per heavy atom. The zero-order valence-corrected chi connectivity index (χ0v) is 20.4. The van der Waals surface area contributed by atoms with Gasteiger partial charge in [0.1, 0.15) is 18.7 Å². The lowest BCUT2D eigenvalue weighted by molar-refractivity contribution is 0.0886. The van der Waals surface area contributed by atoms with Gasteiger partial charge in [0, 0.05) is 23.5 Å². The highest BCUT2D eigenvalue weighted by Crippen LogP contribution is 2.42. The lowest BCUT2D eigenvalue weighted by Crippen LogP contribution is -2.37. The molecular formula is C28H33N3O3. The zero-order valence-electron chi connectivity index (χ0n) is 20.4. The fourth-order valence-electron chi connectivity index (χ4n) is 5.37. The number of amides is 1. The van der Waals surface area contributed by atoms with Crippen molar-refractivity contribution in [2.45, 2.75) is 65.0 Å². The summed E-state index contributed by atoms with van der Waals surface area (Å²) in [7, 11) is 0. The smallest absolute Gasteiger partial charge is 0.408 e. The number of ether oxygens (including phenoxy) is 2. The summed E-state index contributed by atoms with van der Waals surface area (Å²) >= 11 is 0. The van der Waals surface area contributed by atoms with E-state index in [1.165, 1.54) is 12.8 Å². The largest absolute Gasteiger partial charge is 0.490 e. The molecule has 0 radical (unpaired) electrons. The van der Waals surface area contributed by atoms with E-state index in [-0.39, 0.29) is 12.2 Å². The van der Waals surface area contributed by atoms with Gasteiger partial charge >= 0.3 is 6.09 Å². The van der Waals surface area contributed by atoms with Crippen LogP contribution in [-0.2, 0) is 10.3 Å². The van der Waals surface area contributed by atoms with Gasteiger partial charge < -0.3 is 14.8 Å². The van der Waals surface area contributed by atoms with Gasteiger partial charge in [-0.3, -0.25) is 0 Å². The molecule has 2 fully saturated rings. The number of benzene rings is 2. The van der Waals surface area contributed by atoms with Crippen molar-refractivity contribution < 1.29 is 14.3 Å². The van der Waals surface area contributed by atoms with Crippen LogP contribution >= 0.6 is 0 Å². The Morgan fingerprint density at radius 1 is 1.06 bits per heavy atom. The van der Waals surface area contributed by atoms with Crippen LogP contribution in [0, 0.1) is 11.3 Å². The highest BCUT2D eigenvalue weighted by molar-refractivity contribution is 6.00. The molecule has 2 heterocycles. The minimum absolute atomic E-state index is 0.212. The minimum atomic E-state index is -0.540. The Bertz CT molecular complexity index is 1200. The summed E-state index contributed by atoms with van der Waals surface area (Å²) in [5, 5.41) is 5.08. The quantitative estimate of drug-likeness (QED) is 0.500. The first-order valence-electron chi connectivity index (χ1n) is 12.2. The van der Waals surface area contributed by atoms with E-state index in [4.69, 9.17) is 9.47 Å². The van der Waals surface area contributed by atoms with Crippen molar-refractivity contribution in [1.29, 1.82) is 0 Å². The Hall–Kier alpha value is -3.15. The van der Waals surface area contributed by atoms with Crippen LogP contribution in [0.3, 0.4) is 0 Å². The second-order valence-corrected chi connectivity index (χ2v) is 11.0. The van der Waals surface area contributed by atoms with E-state index >= 15 is 0 Å². The maximum Gasteiger partial charge on any atom is 0.408 e. The first-order chi connectivity index (χ1) is 16.2. The lowest BCUT2D eigenvalue weighted by Gasteiger charge is -2.37. The SMILES string of the molecule is CC(C)(C)C1CCC(Oc2ccc3cc([C@]4(C)COC(=O)N4)ccc3c2-c2cncnc2)CC1. The molecule has 1 saturated heterocycles. The normalized spacial score (nSPS) is 25.1. The maximum absolute atomic E-state index is 11.7. The van der Waals surface area contributed by atoms with Gasteiger partial charge in [0.05, 0.1) is 11.6 Å². The molecule has 0 spiro atoms. The van der Waals surface area contributed by atoms with Crippen LogP contribution in [0.4, 0.5) is 4.79 Å². The second-order valence-electron chi connectivity index (χ2n) is 11.0. The number of cyclic esters (lactones) is 1. The number of alkyl carbamates (subject to hydrolysis) is 1. The summed E-state index contributed by atoms with van der Waals surface area (Å²) in [6, 6.07) is 10.4. The second kappa shape index (κ2) is 8.57. The Kier molecular flexibility index (Phi) is 5.70. The fourth-order valence-corrected chi connectivity index (χ4v) is 5.37. The number of nitrogens with one attached hydrogen (secondary N) is 1. The van der Waals surface area contributed by atoms with Crippen LogP contribution < -0.4 is 10.1 Å². The van der Waals surface area contributed by atoms with Gasteiger partial charge in [-0.1, -0.05) is 39.0 Å². The van der Waals surface area contributed by atoms with Gasteiger partial charge in [-0.25, -0.2) is 14.8 Å². The average Bonchev–Trinajstić information content (AvgIpc) is 3.18. The van der Waals surface area contributed by atoms with Gasteiger partial charge in [0.2, 0.25) is 0 Å². The fraction of sp³-hybridized carbons (Fsp3) is 0.464. The number of carbonyl (C=O) groups excluding carboxylic acids is 1. The van der Waals surface area contributed by atoms with E-state index in [0.717, 1.165) is 52.0 Å². The third kappa shape index (κ3) is 4.33. The van der Waals surface area contributed by atoms with Crippen LogP contribution in [-0.4, -0.2) is 28.8 Å². The standard InChI is InChI=1S/C28H33N3O3/c1-27(2,3)20-6-9-22(10-7-20)34-24-12-5-18-13-21(28(4)16-33-26(32)31-28)8-11-23(18)25(24)19-14-29-17-30-15-19/h5,8,11-15,17,20,22H,6-7,9-10,16H2,1-4H3,(H,31,32)/t20?,22?,28-/m0/s1. The lowest BCUT2D eigenvalue weighted by atomic mass is 9.72. The molecule has 1 aliphatic heterocycles. The summed E-state index contributed by atoms with van der Waals surface area (Å²) < 4.78 is 11.8. The first-order valence-corrected chi connectivity index (χ1v) is 12.2. The molecule has 178 valence electrons. The van der Waals surface area contributed by atoms with Crippen LogP contribution in [0.1, 0.15) is 58.9 Å². The maximum atomic E-state index is 11.7. The molecule has 34 heavy (non-hydrogen) atoms. The summed E-state index contributed by atoms with van der Waals surface area (Å²) in [4.78, 5) is 20.2. The average molecular weight is 460 g/mol. The van der Waals surface area contributed by atoms with Crippen molar-refractivity contribution in [3.05, 3.63) is 54.6 Å². The number of fused-ring (bicyclic) bond motifs is 1. The van der Waals surface area contributed by atoms with Crippen molar-refractivity contribution in [3.63, 3.8) is 0 Å². The minimum Gasteiger partial charge on any atom is -0.490 e. The number of carbonyl (C=O) groups is 1. The van der Waals surface area contributed by atoms with Gasteiger partial charge in [-0.15, -0.1) is 0 Å². The molecule has 6 heteroatoms. The molecule has 1 aromatic heterocycles. The zero-order chi connectivity index (χ0) is 23.9. The topological polar surface area (TPSA) is 73.3 Å². The van der Waals surface area contributed by atoms with Crippen molar-refractivity contribution in [1.82, 2.24) is 15.3 Å². The molecule has 1 amide bonds. The highest BCUT2D eigenvalue weighted by Gasteiger charge is 2.37. The van der Waals surface area contributed by atoms with Crippen LogP contribution in [0.5, 0.6) is 5.75 Å². The summed E-state index contributed by atoms with van der Waals surface area (Å²) in [5.41, 5.74) is 2.76. The monoisotopic (exact) mass is 459 g/mol. The van der Waals surface area contributed by atoms with E-state index < -0.39 is 5.54 Å². The number of rotatable bonds is 4. The summed E-state index contributed by atoms with van der Waals surface area (Å²) in [5.74, 6) is 1.61. The van der Waals surface area contributed by atoms with E-state index in [1.54, 1.807) is 6.33 Å². The molecule has 3 aromatic rings. The molecular weight excluding hydrogens is 426 g/mol. The van der Waals surface area contributed by atoms with Crippen LogP contribution in [0.25, 0.3) is 21.9 Å². The predicted octanol–water partition coefficient (Wildman–Crippen LogP) is 6.24. The molecule has 2 aliphatic rings. The summed E-state index contributed by atoms with van der Waals surface area (Å²) in [6.45, 7) is 9.32. The Labute approximate surface area is 201 Å². The predicted molar refractivity (Wildman–Crippen MR) is 133 cm³/mol. The molecule has 1 saturated carbocycles. The van der Waals surface area contributed by atoms with Crippen LogP contribution in [0.2, 0.25) is 0 Å². The van der Waals surface area contributed by atoms with Gasteiger partial charge in [0.15, 0.2) is 0 Å². The first kappa shape index (κ1) is 22.6. The molecule has 1 aliphatic carbocycles. The van der Waals surface area contributed by atoms with Crippen molar-refractivity contribution in [2.75, 3.05) is 6.61 Å². The number of hydrogen-bond acceptors (Lipinski definition) is 5. The van der Waals surface area contributed by atoms with E-state index in [2.05, 4.69) is 66.4 Å². The van der Waals surface area contributed by atoms with Crippen molar-refractivity contribution >= 4 is 16.9 Å². The Morgan fingerprint density at radius 2 is 1.79 bits per heavy atom. The molecule has 0 bridgehead atoms. The van der Waals surface area contributed by atoms with Crippen LogP contribution in [0.15, 0.2) is 49.1 Å². The summed E-state index contributed by atoms with van der Waals surface area (Å²) in [6.07, 6.45) is 9.59. The highest BCUT2D eigenvalue weighted by atomic mass is 16.6. The van der Waals surface area contributed by atoms with E-state index in [9.17, 15) is 4.79 Å². The third-order valence-electron chi connectivity index (χ3n) is 7.53.